The van der Waals surface area contributed by atoms with Crippen molar-refractivity contribution in [2.75, 3.05) is 13.7 Å². The van der Waals surface area contributed by atoms with Gasteiger partial charge >= 0.3 is 0 Å². The Morgan fingerprint density at radius 1 is 1.26 bits per heavy atom. The number of benzene rings is 1. The molecule has 1 N–H and O–H groups in total. The van der Waals surface area contributed by atoms with Gasteiger partial charge in [0.05, 0.1) is 7.11 Å². The van der Waals surface area contributed by atoms with E-state index < -0.39 is 0 Å². The summed E-state index contributed by atoms with van der Waals surface area (Å²) in [5.41, 5.74) is 1.44. The highest BCUT2D eigenvalue weighted by atomic mass is 16.5. The lowest BCUT2D eigenvalue weighted by molar-refractivity contribution is 0.288. The van der Waals surface area contributed by atoms with Crippen molar-refractivity contribution in [3.05, 3.63) is 29.8 Å². The first kappa shape index (κ1) is 13.0. The minimum absolute atomic E-state index is 0.732. The van der Waals surface area contributed by atoms with E-state index in [1.165, 1.54) is 50.6 Å². The molecule has 0 unspecified atom stereocenters. The number of nitrogens with one attached hydrogen (secondary N) is 1. The van der Waals surface area contributed by atoms with Crippen LogP contribution in [0.15, 0.2) is 24.3 Å². The first-order valence-corrected chi connectivity index (χ1v) is 7.72. The minimum Gasteiger partial charge on any atom is -0.497 e. The molecule has 1 aromatic carbocycles. The second-order valence-electron chi connectivity index (χ2n) is 6.18. The van der Waals surface area contributed by atoms with E-state index in [4.69, 9.17) is 4.74 Å². The maximum Gasteiger partial charge on any atom is 0.119 e. The maximum atomic E-state index is 5.29. The van der Waals surface area contributed by atoms with Gasteiger partial charge in [0.25, 0.3) is 0 Å². The Kier molecular flexibility index (Phi) is 4.07. The molecule has 0 amide bonds. The van der Waals surface area contributed by atoms with E-state index in [1.807, 2.05) is 6.07 Å². The van der Waals surface area contributed by atoms with Crippen molar-refractivity contribution >= 4 is 0 Å². The van der Waals surface area contributed by atoms with Crippen LogP contribution in [0.3, 0.4) is 0 Å². The van der Waals surface area contributed by atoms with E-state index in [2.05, 4.69) is 23.5 Å². The molecular weight excluding hydrogens is 234 g/mol. The second kappa shape index (κ2) is 5.96. The van der Waals surface area contributed by atoms with E-state index in [1.54, 1.807) is 7.11 Å². The van der Waals surface area contributed by atoms with E-state index in [0.717, 1.165) is 23.6 Å². The van der Waals surface area contributed by atoms with Crippen LogP contribution in [0.4, 0.5) is 0 Å². The van der Waals surface area contributed by atoms with Crippen LogP contribution in [0.25, 0.3) is 0 Å². The third-order valence-electron chi connectivity index (χ3n) is 4.62. The van der Waals surface area contributed by atoms with Crippen LogP contribution in [0.5, 0.6) is 5.75 Å². The first-order valence-electron chi connectivity index (χ1n) is 7.72. The predicted octanol–water partition coefficient (Wildman–Crippen LogP) is 3.72. The average Bonchev–Trinajstić information content (AvgIpc) is 3.20. The van der Waals surface area contributed by atoms with Gasteiger partial charge in [-0.2, -0.15) is 0 Å². The van der Waals surface area contributed by atoms with Crippen molar-refractivity contribution in [2.24, 2.45) is 5.92 Å². The van der Waals surface area contributed by atoms with Gasteiger partial charge in [-0.3, -0.25) is 0 Å². The van der Waals surface area contributed by atoms with Gasteiger partial charge in [-0.25, -0.2) is 0 Å². The van der Waals surface area contributed by atoms with Crippen LogP contribution >= 0.6 is 0 Å². The molecule has 0 radical (unpaired) electrons. The molecule has 2 heteroatoms. The number of methoxy groups -OCH3 is 1. The average molecular weight is 259 g/mol. The van der Waals surface area contributed by atoms with Crippen molar-refractivity contribution in [3.8, 4) is 5.75 Å². The first-order chi connectivity index (χ1) is 9.35. The Morgan fingerprint density at radius 3 is 2.84 bits per heavy atom. The molecule has 2 nitrogen and oxygen atoms in total. The van der Waals surface area contributed by atoms with E-state index >= 15 is 0 Å². The SMILES string of the molecule is COc1cccc(C2CC(NCCCC3CC3)C2)c1. The number of hydrogen-bond donors (Lipinski definition) is 1. The summed E-state index contributed by atoms with van der Waals surface area (Å²) in [7, 11) is 1.74. The minimum atomic E-state index is 0.732. The summed E-state index contributed by atoms with van der Waals surface area (Å²) in [5.74, 6) is 2.79. The van der Waals surface area contributed by atoms with Crippen LogP contribution in [0.1, 0.15) is 50.0 Å². The molecule has 0 heterocycles. The largest absolute Gasteiger partial charge is 0.497 e. The molecule has 104 valence electrons. The normalized spacial score (nSPS) is 25.9. The fraction of sp³-hybridized carbons (Fsp3) is 0.647. The van der Waals surface area contributed by atoms with Crippen LogP contribution < -0.4 is 10.1 Å². The Bertz CT molecular complexity index is 407. The Morgan fingerprint density at radius 2 is 2.11 bits per heavy atom. The number of rotatable bonds is 7. The summed E-state index contributed by atoms with van der Waals surface area (Å²) in [6.45, 7) is 1.21. The molecule has 3 rings (SSSR count). The molecule has 0 aliphatic heterocycles. The zero-order valence-corrected chi connectivity index (χ0v) is 11.9. The second-order valence-corrected chi connectivity index (χ2v) is 6.18. The molecule has 2 saturated carbocycles. The lowest BCUT2D eigenvalue weighted by atomic mass is 9.76. The van der Waals surface area contributed by atoms with Gasteiger partial charge < -0.3 is 10.1 Å². The molecule has 0 spiro atoms. The fourth-order valence-corrected chi connectivity index (χ4v) is 3.06. The van der Waals surface area contributed by atoms with Crippen molar-refractivity contribution in [3.63, 3.8) is 0 Å². The summed E-state index contributed by atoms with van der Waals surface area (Å²) < 4.78 is 5.29. The molecule has 2 aliphatic carbocycles. The van der Waals surface area contributed by atoms with E-state index in [-0.39, 0.29) is 0 Å². The molecule has 19 heavy (non-hydrogen) atoms. The fourth-order valence-electron chi connectivity index (χ4n) is 3.06. The van der Waals surface area contributed by atoms with Gasteiger partial charge in [0.2, 0.25) is 0 Å². The zero-order chi connectivity index (χ0) is 13.1. The standard InChI is InChI=1S/C17H25NO/c1-19-17-6-2-5-14(12-17)15-10-16(11-15)18-9-3-4-13-7-8-13/h2,5-6,12-13,15-16,18H,3-4,7-11H2,1H3. The molecule has 2 aliphatic rings. The molecule has 0 aromatic heterocycles. The van der Waals surface area contributed by atoms with Crippen molar-refractivity contribution in [2.45, 2.75) is 50.5 Å². The Hall–Kier alpha value is -1.02. The highest BCUT2D eigenvalue weighted by Gasteiger charge is 2.30. The summed E-state index contributed by atoms with van der Waals surface area (Å²) in [5, 5.41) is 3.70. The van der Waals surface area contributed by atoms with Gasteiger partial charge in [0, 0.05) is 6.04 Å². The van der Waals surface area contributed by atoms with E-state index in [9.17, 15) is 0 Å². The molecule has 0 bridgehead atoms. The summed E-state index contributed by atoms with van der Waals surface area (Å²) in [6, 6.07) is 9.29. The monoisotopic (exact) mass is 259 g/mol. The van der Waals surface area contributed by atoms with Gasteiger partial charge in [0.15, 0.2) is 0 Å². The third kappa shape index (κ3) is 3.50. The van der Waals surface area contributed by atoms with Crippen molar-refractivity contribution in [1.82, 2.24) is 5.32 Å². The smallest absolute Gasteiger partial charge is 0.119 e. The maximum absolute atomic E-state index is 5.29. The topological polar surface area (TPSA) is 21.3 Å². The van der Waals surface area contributed by atoms with Crippen LogP contribution in [0, 0.1) is 5.92 Å². The lowest BCUT2D eigenvalue weighted by Crippen LogP contribution is -2.40. The summed E-state index contributed by atoms with van der Waals surface area (Å²) >= 11 is 0. The predicted molar refractivity (Wildman–Crippen MR) is 78.7 cm³/mol. The lowest BCUT2D eigenvalue weighted by Gasteiger charge is -2.36. The van der Waals surface area contributed by atoms with Crippen LogP contribution in [0.2, 0.25) is 0 Å². The molecule has 0 saturated heterocycles. The highest BCUT2D eigenvalue weighted by Crippen LogP contribution is 2.38. The molecule has 1 aromatic rings. The molecular formula is C17H25NO. The third-order valence-corrected chi connectivity index (χ3v) is 4.62. The van der Waals surface area contributed by atoms with E-state index in [0.29, 0.717) is 0 Å². The van der Waals surface area contributed by atoms with Gasteiger partial charge in [-0.15, -0.1) is 0 Å². The van der Waals surface area contributed by atoms with Crippen LogP contribution in [-0.2, 0) is 0 Å². The Balaban J connectivity index is 1.36. The molecule has 0 atom stereocenters. The van der Waals surface area contributed by atoms with Gasteiger partial charge in [-0.1, -0.05) is 25.0 Å². The van der Waals surface area contributed by atoms with Crippen molar-refractivity contribution in [1.29, 1.82) is 0 Å². The number of hydrogen-bond acceptors (Lipinski definition) is 2. The quantitative estimate of drug-likeness (QED) is 0.754. The zero-order valence-electron chi connectivity index (χ0n) is 11.9. The highest BCUT2D eigenvalue weighted by molar-refractivity contribution is 5.32. The molecule has 2 fully saturated rings. The summed E-state index contributed by atoms with van der Waals surface area (Å²) in [4.78, 5) is 0. The van der Waals surface area contributed by atoms with Crippen molar-refractivity contribution < 1.29 is 4.74 Å². The van der Waals surface area contributed by atoms with Gasteiger partial charge in [0.1, 0.15) is 5.75 Å². The number of ether oxygens (including phenoxy) is 1. The Labute approximate surface area is 116 Å². The van der Waals surface area contributed by atoms with Gasteiger partial charge in [-0.05, 0) is 61.8 Å². The summed E-state index contributed by atoms with van der Waals surface area (Å²) in [6.07, 6.45) is 8.36. The van der Waals surface area contributed by atoms with Crippen LogP contribution in [-0.4, -0.2) is 19.7 Å².